The summed E-state index contributed by atoms with van der Waals surface area (Å²) >= 11 is 0. The average molecular weight is 231 g/mol. The lowest BCUT2D eigenvalue weighted by atomic mass is 9.69. The number of nitrogens with one attached hydrogen (secondary N) is 1. The van der Waals surface area contributed by atoms with Crippen molar-refractivity contribution in [3.63, 3.8) is 0 Å². The molecule has 1 fully saturated rings. The first-order valence-corrected chi connectivity index (χ1v) is 6.50. The lowest BCUT2D eigenvalue weighted by molar-refractivity contribution is -0.125. The smallest absolute Gasteiger partial charge is 0.143 e. The van der Waals surface area contributed by atoms with E-state index in [4.69, 9.17) is 0 Å². The Labute approximate surface area is 103 Å². The minimum absolute atomic E-state index is 0.230. The second-order valence-corrected chi connectivity index (χ2v) is 4.98. The molecule has 2 nitrogen and oxygen atoms in total. The standard InChI is InChI=1S/C15H21NO/c1-3-14(17)15(7-9-16-10-8-15)13-6-4-5-12(2)11-13/h4-6,11,16H,3,7-10H2,1-2H3. The Bertz CT molecular complexity index is 405. The number of ketones is 1. The molecule has 0 saturated carbocycles. The third-order valence-corrected chi connectivity index (χ3v) is 3.88. The van der Waals surface area contributed by atoms with E-state index in [9.17, 15) is 4.79 Å². The maximum atomic E-state index is 12.4. The molecule has 0 spiro atoms. The van der Waals surface area contributed by atoms with Crippen LogP contribution in [0.15, 0.2) is 24.3 Å². The third-order valence-electron chi connectivity index (χ3n) is 3.88. The minimum Gasteiger partial charge on any atom is -0.317 e. The highest BCUT2D eigenvalue weighted by molar-refractivity contribution is 5.90. The minimum atomic E-state index is -0.230. The maximum Gasteiger partial charge on any atom is 0.143 e. The molecule has 1 aliphatic rings. The van der Waals surface area contributed by atoms with Crippen molar-refractivity contribution in [3.8, 4) is 0 Å². The fourth-order valence-corrected chi connectivity index (χ4v) is 2.86. The van der Waals surface area contributed by atoms with Crippen LogP contribution in [0.3, 0.4) is 0 Å². The van der Waals surface area contributed by atoms with E-state index in [2.05, 4.69) is 36.5 Å². The first-order chi connectivity index (χ1) is 8.19. The molecule has 0 aromatic heterocycles. The van der Waals surface area contributed by atoms with Crippen LogP contribution in [0.4, 0.5) is 0 Å². The molecule has 2 heteroatoms. The van der Waals surface area contributed by atoms with Gasteiger partial charge >= 0.3 is 0 Å². The lowest BCUT2D eigenvalue weighted by Crippen LogP contribution is -2.45. The molecule has 17 heavy (non-hydrogen) atoms. The summed E-state index contributed by atoms with van der Waals surface area (Å²) in [6.07, 6.45) is 2.50. The van der Waals surface area contributed by atoms with Gasteiger partial charge in [0.25, 0.3) is 0 Å². The largest absolute Gasteiger partial charge is 0.317 e. The van der Waals surface area contributed by atoms with Crippen LogP contribution in [0, 0.1) is 6.92 Å². The summed E-state index contributed by atoms with van der Waals surface area (Å²) in [6.45, 7) is 5.95. The molecule has 1 aromatic carbocycles. The Hall–Kier alpha value is -1.15. The van der Waals surface area contributed by atoms with Crippen molar-refractivity contribution in [1.29, 1.82) is 0 Å². The van der Waals surface area contributed by atoms with Crippen molar-refractivity contribution in [1.82, 2.24) is 5.32 Å². The molecule has 0 radical (unpaired) electrons. The van der Waals surface area contributed by atoms with Gasteiger partial charge in [-0.25, -0.2) is 0 Å². The molecule has 1 aromatic rings. The summed E-state index contributed by atoms with van der Waals surface area (Å²) in [5, 5.41) is 3.35. The number of carbonyl (C=O) groups is 1. The molecule has 0 amide bonds. The van der Waals surface area contributed by atoms with Gasteiger partial charge < -0.3 is 5.32 Å². The van der Waals surface area contributed by atoms with Crippen LogP contribution in [0.1, 0.15) is 37.3 Å². The molecule has 1 aliphatic heterocycles. The zero-order valence-corrected chi connectivity index (χ0v) is 10.8. The summed E-state index contributed by atoms with van der Waals surface area (Å²) in [7, 11) is 0. The number of piperidine rings is 1. The molecule has 0 atom stereocenters. The molecule has 1 saturated heterocycles. The van der Waals surface area contributed by atoms with Gasteiger partial charge in [0, 0.05) is 6.42 Å². The van der Waals surface area contributed by atoms with Crippen LogP contribution in [-0.4, -0.2) is 18.9 Å². The summed E-state index contributed by atoms with van der Waals surface area (Å²) in [4.78, 5) is 12.4. The molecule has 0 unspecified atom stereocenters. The summed E-state index contributed by atoms with van der Waals surface area (Å²) in [5.41, 5.74) is 2.22. The summed E-state index contributed by atoms with van der Waals surface area (Å²) in [6, 6.07) is 8.46. The highest BCUT2D eigenvalue weighted by atomic mass is 16.1. The second kappa shape index (κ2) is 5.01. The van der Waals surface area contributed by atoms with E-state index >= 15 is 0 Å². The van der Waals surface area contributed by atoms with Gasteiger partial charge in [0.2, 0.25) is 0 Å². The summed E-state index contributed by atoms with van der Waals surface area (Å²) in [5.74, 6) is 0.393. The van der Waals surface area contributed by atoms with Crippen molar-refractivity contribution < 1.29 is 4.79 Å². The Morgan fingerprint density at radius 3 is 2.65 bits per heavy atom. The number of rotatable bonds is 3. The number of hydrogen-bond acceptors (Lipinski definition) is 2. The van der Waals surface area contributed by atoms with Gasteiger partial charge in [-0.2, -0.15) is 0 Å². The van der Waals surface area contributed by atoms with Crippen molar-refractivity contribution in [2.75, 3.05) is 13.1 Å². The predicted octanol–water partition coefficient (Wildman–Crippen LogP) is 2.60. The van der Waals surface area contributed by atoms with E-state index < -0.39 is 0 Å². The van der Waals surface area contributed by atoms with Gasteiger partial charge in [-0.3, -0.25) is 4.79 Å². The normalized spacial score (nSPS) is 18.9. The first-order valence-electron chi connectivity index (χ1n) is 6.50. The molecule has 1 N–H and O–H groups in total. The molecule has 2 rings (SSSR count). The van der Waals surface area contributed by atoms with E-state index in [0.29, 0.717) is 12.2 Å². The van der Waals surface area contributed by atoms with Crippen LogP contribution in [0.5, 0.6) is 0 Å². The van der Waals surface area contributed by atoms with Crippen LogP contribution in [0.2, 0.25) is 0 Å². The number of Topliss-reactive ketones (excluding diaryl/α,β-unsaturated/α-hetero) is 1. The highest BCUT2D eigenvalue weighted by Crippen LogP contribution is 2.35. The number of carbonyl (C=O) groups excluding carboxylic acids is 1. The number of benzene rings is 1. The Morgan fingerprint density at radius 2 is 2.06 bits per heavy atom. The predicted molar refractivity (Wildman–Crippen MR) is 70.3 cm³/mol. The Balaban J connectivity index is 2.42. The molecule has 0 aliphatic carbocycles. The first kappa shape index (κ1) is 12.3. The topological polar surface area (TPSA) is 29.1 Å². The molecule has 92 valence electrons. The molecular formula is C15H21NO. The fraction of sp³-hybridized carbons (Fsp3) is 0.533. The van der Waals surface area contributed by atoms with E-state index in [-0.39, 0.29) is 5.41 Å². The zero-order chi connectivity index (χ0) is 12.3. The Kier molecular flexibility index (Phi) is 3.63. The van der Waals surface area contributed by atoms with Gasteiger partial charge in [-0.05, 0) is 38.4 Å². The van der Waals surface area contributed by atoms with Crippen LogP contribution in [0.25, 0.3) is 0 Å². The van der Waals surface area contributed by atoms with Crippen LogP contribution in [-0.2, 0) is 10.2 Å². The zero-order valence-electron chi connectivity index (χ0n) is 10.8. The number of aryl methyl sites for hydroxylation is 1. The van der Waals surface area contributed by atoms with E-state index in [1.165, 1.54) is 11.1 Å². The van der Waals surface area contributed by atoms with Crippen LogP contribution >= 0.6 is 0 Å². The molecule has 1 heterocycles. The summed E-state index contributed by atoms with van der Waals surface area (Å²) < 4.78 is 0. The highest BCUT2D eigenvalue weighted by Gasteiger charge is 2.39. The maximum absolute atomic E-state index is 12.4. The average Bonchev–Trinajstić information content (AvgIpc) is 2.38. The third kappa shape index (κ3) is 2.27. The van der Waals surface area contributed by atoms with E-state index in [0.717, 1.165) is 25.9 Å². The van der Waals surface area contributed by atoms with Gasteiger partial charge in [-0.1, -0.05) is 36.8 Å². The monoisotopic (exact) mass is 231 g/mol. The van der Waals surface area contributed by atoms with Gasteiger partial charge in [0.1, 0.15) is 5.78 Å². The van der Waals surface area contributed by atoms with Crippen molar-refractivity contribution >= 4 is 5.78 Å². The fourth-order valence-electron chi connectivity index (χ4n) is 2.86. The Morgan fingerprint density at radius 1 is 1.35 bits per heavy atom. The van der Waals surface area contributed by atoms with Gasteiger partial charge in [0.05, 0.1) is 5.41 Å². The van der Waals surface area contributed by atoms with Crippen molar-refractivity contribution in [3.05, 3.63) is 35.4 Å². The van der Waals surface area contributed by atoms with E-state index in [1.807, 2.05) is 6.92 Å². The quantitative estimate of drug-likeness (QED) is 0.866. The van der Waals surface area contributed by atoms with Gasteiger partial charge in [-0.15, -0.1) is 0 Å². The second-order valence-electron chi connectivity index (χ2n) is 4.98. The number of hydrogen-bond donors (Lipinski definition) is 1. The molecule has 0 bridgehead atoms. The van der Waals surface area contributed by atoms with Crippen molar-refractivity contribution in [2.45, 2.75) is 38.5 Å². The lowest BCUT2D eigenvalue weighted by Gasteiger charge is -2.37. The SMILES string of the molecule is CCC(=O)C1(c2cccc(C)c2)CCNCC1. The van der Waals surface area contributed by atoms with E-state index in [1.54, 1.807) is 0 Å². The van der Waals surface area contributed by atoms with Crippen LogP contribution < -0.4 is 5.32 Å². The molecular weight excluding hydrogens is 210 g/mol. The van der Waals surface area contributed by atoms with Crippen molar-refractivity contribution in [2.24, 2.45) is 0 Å². The van der Waals surface area contributed by atoms with Gasteiger partial charge in [0.15, 0.2) is 0 Å².